The van der Waals surface area contributed by atoms with E-state index in [0.717, 1.165) is 4.90 Å². The minimum absolute atomic E-state index is 0.0896. The van der Waals surface area contributed by atoms with Crippen molar-refractivity contribution in [2.45, 2.75) is 25.3 Å². The van der Waals surface area contributed by atoms with E-state index in [2.05, 4.69) is 5.32 Å². The third kappa shape index (κ3) is 3.62. The summed E-state index contributed by atoms with van der Waals surface area (Å²) < 4.78 is 29.6. The van der Waals surface area contributed by atoms with Crippen LogP contribution in [-0.4, -0.2) is 58.6 Å². The van der Waals surface area contributed by atoms with Gasteiger partial charge in [0.15, 0.2) is 0 Å². The molecule has 1 fully saturated rings. The largest absolute Gasteiger partial charge is 0.480 e. The molecule has 0 unspecified atom stereocenters. The van der Waals surface area contributed by atoms with Gasteiger partial charge in [-0.3, -0.25) is 9.59 Å². The molecule has 1 heterocycles. The number of aliphatic carboxylic acids is 1. The average molecular weight is 444 g/mol. The number of rotatable bonds is 5. The first-order chi connectivity index (χ1) is 15.1. The standard InChI is InChI=1S/C23H22F2N2O5/c1-12-2-4-15-16-8-14(3-5-17(16)23(24,25)18(15)6-12)21(30)26-9-20(29)27-10-13(11-28)7-19(27)22(31)32/h2-6,8,13,19,28H,7,9-11H2,1H3,(H,26,30)(H,31,32)/t13-,19+/m1/s1. The number of likely N-dealkylation sites (tertiary alicyclic amines) is 1. The molecule has 2 aliphatic rings. The van der Waals surface area contributed by atoms with E-state index in [9.17, 15) is 33.4 Å². The number of fused-ring (bicyclic) bond motifs is 3. The number of carbonyl (C=O) groups is 3. The molecule has 2 aromatic carbocycles. The topological polar surface area (TPSA) is 107 Å². The number of carboxylic acids is 1. The summed E-state index contributed by atoms with van der Waals surface area (Å²) in [4.78, 5) is 37.6. The smallest absolute Gasteiger partial charge is 0.326 e. The van der Waals surface area contributed by atoms with E-state index in [4.69, 9.17) is 0 Å². The molecule has 32 heavy (non-hydrogen) atoms. The Bertz CT molecular complexity index is 1120. The first kappa shape index (κ1) is 21.9. The number of aliphatic hydroxyl groups is 1. The number of benzene rings is 2. The van der Waals surface area contributed by atoms with Crippen LogP contribution < -0.4 is 5.32 Å². The molecule has 7 nitrogen and oxygen atoms in total. The molecule has 9 heteroatoms. The summed E-state index contributed by atoms with van der Waals surface area (Å²) in [6.45, 7) is 1.14. The van der Waals surface area contributed by atoms with E-state index in [1.165, 1.54) is 24.3 Å². The molecule has 1 aliphatic heterocycles. The zero-order valence-corrected chi connectivity index (χ0v) is 17.3. The first-order valence-corrected chi connectivity index (χ1v) is 10.2. The number of hydrogen-bond donors (Lipinski definition) is 3. The lowest BCUT2D eigenvalue weighted by atomic mass is 10.0. The maximum absolute atomic E-state index is 14.8. The molecule has 2 aromatic rings. The van der Waals surface area contributed by atoms with Crippen LogP contribution in [0.5, 0.6) is 0 Å². The normalized spacial score (nSPS) is 20.6. The van der Waals surface area contributed by atoms with E-state index < -0.39 is 36.3 Å². The fourth-order valence-electron chi connectivity index (χ4n) is 4.40. The molecule has 4 rings (SSSR count). The fraction of sp³-hybridized carbons (Fsp3) is 0.348. The molecule has 3 N–H and O–H groups in total. The number of hydrogen-bond acceptors (Lipinski definition) is 4. The number of carboxylic acid groups (broad SMARTS) is 1. The van der Waals surface area contributed by atoms with Crippen molar-refractivity contribution in [1.29, 1.82) is 0 Å². The zero-order chi connectivity index (χ0) is 23.2. The monoisotopic (exact) mass is 444 g/mol. The molecule has 0 bridgehead atoms. The van der Waals surface area contributed by atoms with Gasteiger partial charge >= 0.3 is 5.97 Å². The van der Waals surface area contributed by atoms with Gasteiger partial charge in [0.25, 0.3) is 11.8 Å². The number of halogens is 2. The van der Waals surface area contributed by atoms with Crippen molar-refractivity contribution < 1.29 is 33.4 Å². The second-order valence-corrected chi connectivity index (χ2v) is 8.25. The molecule has 2 atom stereocenters. The lowest BCUT2D eigenvalue weighted by Crippen LogP contribution is -2.45. The van der Waals surface area contributed by atoms with E-state index >= 15 is 0 Å². The Hall–Kier alpha value is -3.33. The van der Waals surface area contributed by atoms with Crippen molar-refractivity contribution in [2.75, 3.05) is 19.7 Å². The molecule has 1 aliphatic carbocycles. The van der Waals surface area contributed by atoms with E-state index in [0.29, 0.717) is 11.1 Å². The van der Waals surface area contributed by atoms with E-state index in [1.807, 2.05) is 0 Å². The number of amides is 2. The predicted molar refractivity (Wildman–Crippen MR) is 110 cm³/mol. The molecule has 2 amide bonds. The lowest BCUT2D eigenvalue weighted by Gasteiger charge is -2.21. The summed E-state index contributed by atoms with van der Waals surface area (Å²) >= 11 is 0. The fourth-order valence-corrected chi connectivity index (χ4v) is 4.40. The summed E-state index contributed by atoms with van der Waals surface area (Å²) in [5.74, 6) is -5.89. The number of nitrogens with one attached hydrogen (secondary N) is 1. The Kier molecular flexibility index (Phi) is 5.46. The average Bonchev–Trinajstić information content (AvgIpc) is 3.30. The van der Waals surface area contributed by atoms with Crippen LogP contribution in [0.2, 0.25) is 0 Å². The maximum atomic E-state index is 14.8. The third-order valence-electron chi connectivity index (χ3n) is 6.08. The first-order valence-electron chi connectivity index (χ1n) is 10.2. The lowest BCUT2D eigenvalue weighted by molar-refractivity contribution is -0.147. The zero-order valence-electron chi connectivity index (χ0n) is 17.3. The summed E-state index contributed by atoms with van der Waals surface area (Å²) in [5, 5.41) is 21.0. The van der Waals surface area contributed by atoms with Gasteiger partial charge in [-0.25, -0.2) is 4.79 Å². The van der Waals surface area contributed by atoms with Gasteiger partial charge in [-0.05, 0) is 42.7 Å². The molecule has 0 spiro atoms. The van der Waals surface area contributed by atoms with Crippen LogP contribution in [0.25, 0.3) is 11.1 Å². The van der Waals surface area contributed by atoms with Crippen molar-refractivity contribution in [2.24, 2.45) is 5.92 Å². The molecule has 1 saturated heterocycles. The Balaban J connectivity index is 1.50. The molecular weight excluding hydrogens is 422 g/mol. The van der Waals surface area contributed by atoms with Crippen LogP contribution in [-0.2, 0) is 15.5 Å². The van der Waals surface area contributed by atoms with Crippen LogP contribution in [0.4, 0.5) is 8.78 Å². The minimum atomic E-state index is -3.16. The van der Waals surface area contributed by atoms with Crippen molar-refractivity contribution in [3.8, 4) is 11.1 Å². The van der Waals surface area contributed by atoms with Crippen molar-refractivity contribution in [3.63, 3.8) is 0 Å². The van der Waals surface area contributed by atoms with Gasteiger partial charge < -0.3 is 20.4 Å². The van der Waals surface area contributed by atoms with Crippen molar-refractivity contribution >= 4 is 17.8 Å². The van der Waals surface area contributed by atoms with Crippen LogP contribution in [0, 0.1) is 12.8 Å². The van der Waals surface area contributed by atoms with Crippen molar-refractivity contribution in [3.05, 3.63) is 58.7 Å². The maximum Gasteiger partial charge on any atom is 0.326 e. The van der Waals surface area contributed by atoms with Gasteiger partial charge in [-0.15, -0.1) is 0 Å². The summed E-state index contributed by atoms with van der Waals surface area (Å²) in [5.41, 5.74) is 1.16. The molecule has 0 saturated carbocycles. The van der Waals surface area contributed by atoms with Crippen LogP contribution in [0.1, 0.15) is 33.5 Å². The highest BCUT2D eigenvalue weighted by Gasteiger charge is 2.44. The molecule has 0 aromatic heterocycles. The Morgan fingerprint density at radius 2 is 1.88 bits per heavy atom. The van der Waals surface area contributed by atoms with Gasteiger partial charge in [0, 0.05) is 35.8 Å². The summed E-state index contributed by atoms with van der Waals surface area (Å²) in [6, 6.07) is 7.58. The summed E-state index contributed by atoms with van der Waals surface area (Å²) in [7, 11) is 0. The predicted octanol–water partition coefficient (Wildman–Crippen LogP) is 2.14. The quantitative estimate of drug-likeness (QED) is 0.655. The van der Waals surface area contributed by atoms with Crippen molar-refractivity contribution in [1.82, 2.24) is 10.2 Å². The highest BCUT2D eigenvalue weighted by Crippen LogP contribution is 2.51. The highest BCUT2D eigenvalue weighted by atomic mass is 19.3. The Morgan fingerprint density at radius 3 is 2.56 bits per heavy atom. The SMILES string of the molecule is Cc1ccc2c(c1)C(F)(F)c1ccc(C(=O)NCC(=O)N3C[C@H](CO)C[C@H]3C(=O)O)cc1-2. The third-order valence-corrected chi connectivity index (χ3v) is 6.08. The van der Waals surface area contributed by atoms with Gasteiger partial charge in [0.1, 0.15) is 6.04 Å². The number of nitrogens with zero attached hydrogens (tertiary/aromatic N) is 1. The second kappa shape index (κ2) is 7.98. The van der Waals surface area contributed by atoms with Gasteiger partial charge in [0.2, 0.25) is 5.91 Å². The van der Waals surface area contributed by atoms with Gasteiger partial charge in [-0.2, -0.15) is 8.78 Å². The van der Waals surface area contributed by atoms with Crippen LogP contribution in [0.15, 0.2) is 36.4 Å². The number of aryl methyl sites for hydroxylation is 1. The molecule has 0 radical (unpaired) electrons. The highest BCUT2D eigenvalue weighted by molar-refractivity contribution is 5.99. The van der Waals surface area contributed by atoms with Crippen LogP contribution >= 0.6 is 0 Å². The minimum Gasteiger partial charge on any atom is -0.480 e. The second-order valence-electron chi connectivity index (χ2n) is 8.25. The molecule has 168 valence electrons. The number of aliphatic hydroxyl groups excluding tert-OH is 1. The number of alkyl halides is 2. The van der Waals surface area contributed by atoms with Gasteiger partial charge in [-0.1, -0.05) is 23.8 Å². The number of carbonyl (C=O) groups excluding carboxylic acids is 2. The van der Waals surface area contributed by atoms with E-state index in [-0.39, 0.29) is 47.7 Å². The molecular formula is C23H22F2N2O5. The van der Waals surface area contributed by atoms with E-state index in [1.54, 1.807) is 19.1 Å². The Morgan fingerprint density at radius 1 is 1.12 bits per heavy atom. The van der Waals surface area contributed by atoms with Crippen LogP contribution in [0.3, 0.4) is 0 Å². The van der Waals surface area contributed by atoms with Gasteiger partial charge in [0.05, 0.1) is 6.54 Å². The summed E-state index contributed by atoms with van der Waals surface area (Å²) in [6.07, 6.45) is 0.142. The Labute approximate surface area is 182 Å².